The average Bonchev–Trinajstić information content (AvgIpc) is 2.18. The summed E-state index contributed by atoms with van der Waals surface area (Å²) in [5.41, 5.74) is 0. The molecular weight excluding hydrogens is 180 g/mol. The van der Waals surface area contributed by atoms with Crippen LogP contribution < -0.4 is 0 Å². The molecule has 0 bridgehead atoms. The summed E-state index contributed by atoms with van der Waals surface area (Å²) in [5, 5.41) is 0. The maximum absolute atomic E-state index is 2.49. The molecular formula is C15H30. The average molecular weight is 210 g/mol. The summed E-state index contributed by atoms with van der Waals surface area (Å²) >= 11 is 0. The quantitative estimate of drug-likeness (QED) is 0.563. The molecule has 0 aromatic carbocycles. The predicted octanol–water partition coefficient (Wildman–Crippen LogP) is 5.13. The summed E-state index contributed by atoms with van der Waals surface area (Å²) in [6.45, 7) is 12.2. The van der Waals surface area contributed by atoms with Crippen LogP contribution in [-0.4, -0.2) is 0 Å². The van der Waals surface area contributed by atoms with Gasteiger partial charge in [0, 0.05) is 0 Å². The molecule has 0 aromatic heterocycles. The highest BCUT2D eigenvalue weighted by atomic mass is 14.3. The highest BCUT2D eigenvalue weighted by molar-refractivity contribution is 4.77. The Labute approximate surface area is 96.8 Å². The van der Waals surface area contributed by atoms with Gasteiger partial charge in [0.25, 0.3) is 0 Å². The Bertz CT molecular complexity index is 171. The molecule has 1 aliphatic rings. The van der Waals surface area contributed by atoms with Crippen molar-refractivity contribution in [3.8, 4) is 0 Å². The van der Waals surface area contributed by atoms with Gasteiger partial charge in [0.2, 0.25) is 0 Å². The van der Waals surface area contributed by atoms with Crippen LogP contribution in [0, 0.1) is 29.6 Å². The Morgan fingerprint density at radius 2 is 1.40 bits per heavy atom. The van der Waals surface area contributed by atoms with E-state index in [4.69, 9.17) is 0 Å². The maximum atomic E-state index is 2.49. The van der Waals surface area contributed by atoms with Crippen LogP contribution in [0.1, 0.15) is 66.7 Å². The van der Waals surface area contributed by atoms with E-state index in [9.17, 15) is 0 Å². The third-order valence-electron chi connectivity index (χ3n) is 4.56. The number of rotatable bonds is 1. The molecule has 0 aliphatic heterocycles. The molecule has 4 unspecified atom stereocenters. The molecule has 0 amide bonds. The van der Waals surface area contributed by atoms with Gasteiger partial charge in [-0.1, -0.05) is 66.7 Å². The molecule has 0 aromatic rings. The minimum atomic E-state index is 0.864. The van der Waals surface area contributed by atoms with E-state index < -0.39 is 0 Å². The Hall–Kier alpha value is 0. The predicted molar refractivity (Wildman–Crippen MR) is 68.9 cm³/mol. The van der Waals surface area contributed by atoms with E-state index in [1.165, 1.54) is 32.1 Å². The van der Waals surface area contributed by atoms with Crippen LogP contribution in [0.15, 0.2) is 0 Å². The van der Waals surface area contributed by atoms with E-state index in [0.717, 1.165) is 29.6 Å². The van der Waals surface area contributed by atoms with E-state index >= 15 is 0 Å². The zero-order valence-corrected chi connectivity index (χ0v) is 11.4. The van der Waals surface area contributed by atoms with Crippen LogP contribution in [-0.2, 0) is 0 Å². The van der Waals surface area contributed by atoms with Crippen molar-refractivity contribution in [2.75, 3.05) is 0 Å². The minimum Gasteiger partial charge on any atom is -0.0625 e. The summed E-state index contributed by atoms with van der Waals surface area (Å²) in [6.07, 6.45) is 7.28. The Morgan fingerprint density at radius 1 is 0.800 bits per heavy atom. The second kappa shape index (κ2) is 5.92. The molecule has 0 heterocycles. The molecule has 0 heteroatoms. The lowest BCUT2D eigenvalue weighted by Gasteiger charge is -2.32. The van der Waals surface area contributed by atoms with Crippen molar-refractivity contribution in [1.82, 2.24) is 0 Å². The largest absolute Gasteiger partial charge is 0.0625 e. The zero-order valence-electron chi connectivity index (χ0n) is 11.4. The highest BCUT2D eigenvalue weighted by Crippen LogP contribution is 2.37. The van der Waals surface area contributed by atoms with Gasteiger partial charge in [-0.15, -0.1) is 0 Å². The monoisotopic (exact) mass is 210 g/mol. The minimum absolute atomic E-state index is 0.864. The van der Waals surface area contributed by atoms with Crippen molar-refractivity contribution in [2.24, 2.45) is 29.6 Å². The summed E-state index contributed by atoms with van der Waals surface area (Å²) in [5.74, 6) is 4.65. The molecule has 90 valence electrons. The molecule has 4 atom stereocenters. The molecule has 0 nitrogen and oxygen atoms in total. The summed E-state index contributed by atoms with van der Waals surface area (Å²) in [7, 11) is 0. The third-order valence-corrected chi connectivity index (χ3v) is 4.56. The van der Waals surface area contributed by atoms with Gasteiger partial charge < -0.3 is 0 Å². The standard InChI is InChI=1S/C15H30/c1-11(2)15-13(4)8-6-7-12(3)9-10-14(15)5/h11-15H,6-10H2,1-5H3. The normalized spacial score (nSPS) is 39.6. The fourth-order valence-corrected chi connectivity index (χ4v) is 3.74. The fraction of sp³-hybridized carbons (Fsp3) is 1.00. The number of hydrogen-bond acceptors (Lipinski definition) is 0. The maximum Gasteiger partial charge on any atom is -0.0340 e. The van der Waals surface area contributed by atoms with E-state index in [1.54, 1.807) is 0 Å². The first-order chi connectivity index (χ1) is 7.02. The fourth-order valence-electron chi connectivity index (χ4n) is 3.74. The summed E-state index contributed by atoms with van der Waals surface area (Å²) < 4.78 is 0. The molecule has 0 spiro atoms. The number of hydrogen-bond donors (Lipinski definition) is 0. The van der Waals surface area contributed by atoms with Gasteiger partial charge in [-0.2, -0.15) is 0 Å². The van der Waals surface area contributed by atoms with Crippen LogP contribution in [0.4, 0.5) is 0 Å². The van der Waals surface area contributed by atoms with Crippen LogP contribution in [0.3, 0.4) is 0 Å². The lowest BCUT2D eigenvalue weighted by molar-refractivity contribution is 0.171. The highest BCUT2D eigenvalue weighted by Gasteiger charge is 2.27. The Balaban J connectivity index is 2.65. The van der Waals surface area contributed by atoms with Crippen molar-refractivity contribution in [3.05, 3.63) is 0 Å². The van der Waals surface area contributed by atoms with Gasteiger partial charge in [0.1, 0.15) is 0 Å². The van der Waals surface area contributed by atoms with Crippen LogP contribution in [0.2, 0.25) is 0 Å². The Kier molecular flexibility index (Phi) is 5.15. The van der Waals surface area contributed by atoms with Crippen molar-refractivity contribution >= 4 is 0 Å². The van der Waals surface area contributed by atoms with Crippen LogP contribution >= 0.6 is 0 Å². The SMILES string of the molecule is CC1CCCC(C)C(C(C)C)C(C)CC1. The van der Waals surface area contributed by atoms with Gasteiger partial charge in [-0.05, 0) is 29.6 Å². The molecule has 1 fully saturated rings. The van der Waals surface area contributed by atoms with Crippen LogP contribution in [0.5, 0.6) is 0 Å². The van der Waals surface area contributed by atoms with E-state index in [1.807, 2.05) is 0 Å². The summed E-state index contributed by atoms with van der Waals surface area (Å²) in [4.78, 5) is 0. The Morgan fingerprint density at radius 3 is 2.00 bits per heavy atom. The third kappa shape index (κ3) is 3.81. The van der Waals surface area contributed by atoms with Crippen LogP contribution in [0.25, 0.3) is 0 Å². The van der Waals surface area contributed by atoms with E-state index in [0.29, 0.717) is 0 Å². The molecule has 15 heavy (non-hydrogen) atoms. The second-order valence-corrected chi connectivity index (χ2v) is 6.39. The van der Waals surface area contributed by atoms with Gasteiger partial charge in [-0.3, -0.25) is 0 Å². The lowest BCUT2D eigenvalue weighted by Crippen LogP contribution is -2.24. The van der Waals surface area contributed by atoms with Crippen molar-refractivity contribution in [1.29, 1.82) is 0 Å². The van der Waals surface area contributed by atoms with Gasteiger partial charge >= 0.3 is 0 Å². The van der Waals surface area contributed by atoms with Crippen molar-refractivity contribution in [2.45, 2.75) is 66.7 Å². The van der Waals surface area contributed by atoms with E-state index in [-0.39, 0.29) is 0 Å². The zero-order chi connectivity index (χ0) is 11.4. The molecule has 0 saturated heterocycles. The second-order valence-electron chi connectivity index (χ2n) is 6.39. The first kappa shape index (κ1) is 13.1. The van der Waals surface area contributed by atoms with Gasteiger partial charge in [0.15, 0.2) is 0 Å². The molecule has 0 radical (unpaired) electrons. The first-order valence-electron chi connectivity index (χ1n) is 7.02. The molecule has 1 aliphatic carbocycles. The van der Waals surface area contributed by atoms with E-state index in [2.05, 4.69) is 34.6 Å². The van der Waals surface area contributed by atoms with Crippen molar-refractivity contribution in [3.63, 3.8) is 0 Å². The first-order valence-corrected chi connectivity index (χ1v) is 7.02. The molecule has 1 saturated carbocycles. The smallest absolute Gasteiger partial charge is 0.0340 e. The van der Waals surface area contributed by atoms with Crippen molar-refractivity contribution < 1.29 is 0 Å². The lowest BCUT2D eigenvalue weighted by atomic mass is 9.73. The topological polar surface area (TPSA) is 0 Å². The molecule has 1 rings (SSSR count). The molecule has 0 N–H and O–H groups in total. The van der Waals surface area contributed by atoms with Gasteiger partial charge in [-0.25, -0.2) is 0 Å². The summed E-state index contributed by atoms with van der Waals surface area (Å²) in [6, 6.07) is 0. The van der Waals surface area contributed by atoms with Gasteiger partial charge in [0.05, 0.1) is 0 Å².